The summed E-state index contributed by atoms with van der Waals surface area (Å²) in [5.74, 6) is -0.169. The Morgan fingerprint density at radius 2 is 2.18 bits per heavy atom. The van der Waals surface area contributed by atoms with E-state index < -0.39 is 0 Å². The third-order valence-corrected chi connectivity index (χ3v) is 3.56. The lowest BCUT2D eigenvalue weighted by atomic mass is 10.3. The molecule has 0 aliphatic heterocycles. The van der Waals surface area contributed by atoms with E-state index in [9.17, 15) is 4.79 Å². The summed E-state index contributed by atoms with van der Waals surface area (Å²) in [6.07, 6.45) is 0. The number of nitrogens with two attached hydrogens (primary N) is 1. The summed E-state index contributed by atoms with van der Waals surface area (Å²) in [5.41, 5.74) is 7.02. The number of nitrogen functional groups attached to an aromatic ring is 1. The maximum absolute atomic E-state index is 11.9. The Bertz CT molecular complexity index is 546. The summed E-state index contributed by atoms with van der Waals surface area (Å²) in [5, 5.41) is 3.36. The number of halogens is 1. The largest absolute Gasteiger partial charge is 0.398 e. The van der Waals surface area contributed by atoms with Crippen LogP contribution in [0.5, 0.6) is 0 Å². The Kier molecular flexibility index (Phi) is 3.36. The molecule has 5 heteroatoms. The molecule has 0 atom stereocenters. The molecule has 88 valence electrons. The molecule has 0 bridgehead atoms. The van der Waals surface area contributed by atoms with Gasteiger partial charge in [0.05, 0.1) is 4.88 Å². The van der Waals surface area contributed by atoms with E-state index in [0.29, 0.717) is 21.3 Å². The van der Waals surface area contributed by atoms with Crippen LogP contribution >= 0.6 is 22.9 Å². The Morgan fingerprint density at radius 1 is 1.41 bits per heavy atom. The predicted molar refractivity (Wildman–Crippen MR) is 72.9 cm³/mol. The van der Waals surface area contributed by atoms with Crippen molar-refractivity contribution in [3.8, 4) is 0 Å². The zero-order valence-electron chi connectivity index (χ0n) is 9.16. The van der Waals surface area contributed by atoms with Gasteiger partial charge in [-0.15, -0.1) is 11.3 Å². The van der Waals surface area contributed by atoms with Crippen molar-refractivity contribution >= 4 is 40.2 Å². The zero-order valence-corrected chi connectivity index (χ0v) is 10.7. The Labute approximate surface area is 108 Å². The highest BCUT2D eigenvalue weighted by Crippen LogP contribution is 2.24. The summed E-state index contributed by atoms with van der Waals surface area (Å²) in [7, 11) is 0. The van der Waals surface area contributed by atoms with Crippen molar-refractivity contribution < 1.29 is 4.79 Å². The van der Waals surface area contributed by atoms with Crippen LogP contribution in [0.1, 0.15) is 14.5 Å². The SMILES string of the molecule is Cc1sc(C(=O)Nc2cccc(Cl)c2)cc1N. The van der Waals surface area contributed by atoms with Gasteiger partial charge < -0.3 is 11.1 Å². The fourth-order valence-corrected chi connectivity index (χ4v) is 2.39. The highest BCUT2D eigenvalue weighted by atomic mass is 35.5. The molecular weight excluding hydrogens is 256 g/mol. The third kappa shape index (κ3) is 2.78. The Morgan fingerprint density at radius 3 is 2.76 bits per heavy atom. The maximum Gasteiger partial charge on any atom is 0.265 e. The number of thiophene rings is 1. The average Bonchev–Trinajstić information content (AvgIpc) is 2.59. The van der Waals surface area contributed by atoms with Gasteiger partial charge in [0.2, 0.25) is 0 Å². The molecule has 2 rings (SSSR count). The van der Waals surface area contributed by atoms with Crippen LogP contribution in [0.25, 0.3) is 0 Å². The van der Waals surface area contributed by atoms with Gasteiger partial charge in [0, 0.05) is 21.3 Å². The summed E-state index contributed by atoms with van der Waals surface area (Å²) < 4.78 is 0. The van der Waals surface area contributed by atoms with Gasteiger partial charge >= 0.3 is 0 Å². The molecule has 0 aliphatic rings. The van der Waals surface area contributed by atoms with Crippen LogP contribution < -0.4 is 11.1 Å². The number of nitrogens with one attached hydrogen (secondary N) is 1. The monoisotopic (exact) mass is 266 g/mol. The first-order chi connectivity index (χ1) is 8.06. The van der Waals surface area contributed by atoms with E-state index in [1.807, 2.05) is 6.92 Å². The van der Waals surface area contributed by atoms with Crippen molar-refractivity contribution in [3.05, 3.63) is 45.1 Å². The lowest BCUT2D eigenvalue weighted by molar-refractivity contribution is 0.103. The van der Waals surface area contributed by atoms with E-state index in [2.05, 4.69) is 5.32 Å². The lowest BCUT2D eigenvalue weighted by Crippen LogP contribution is -2.09. The van der Waals surface area contributed by atoms with Gasteiger partial charge in [-0.25, -0.2) is 0 Å². The molecule has 1 amide bonds. The second-order valence-corrected chi connectivity index (χ2v) is 5.28. The van der Waals surface area contributed by atoms with Crippen molar-refractivity contribution in [3.63, 3.8) is 0 Å². The minimum atomic E-state index is -0.169. The van der Waals surface area contributed by atoms with Gasteiger partial charge in [-0.1, -0.05) is 17.7 Å². The van der Waals surface area contributed by atoms with Gasteiger partial charge in [-0.05, 0) is 31.2 Å². The molecule has 2 aromatic rings. The van der Waals surface area contributed by atoms with Crippen LogP contribution in [0.15, 0.2) is 30.3 Å². The Hall–Kier alpha value is -1.52. The minimum Gasteiger partial charge on any atom is -0.398 e. The van der Waals surface area contributed by atoms with E-state index in [1.54, 1.807) is 30.3 Å². The maximum atomic E-state index is 11.9. The lowest BCUT2D eigenvalue weighted by Gasteiger charge is -2.03. The highest BCUT2D eigenvalue weighted by molar-refractivity contribution is 7.14. The topological polar surface area (TPSA) is 55.1 Å². The summed E-state index contributed by atoms with van der Waals surface area (Å²) in [6.45, 7) is 1.89. The number of hydrogen-bond donors (Lipinski definition) is 2. The van der Waals surface area contributed by atoms with E-state index >= 15 is 0 Å². The van der Waals surface area contributed by atoms with E-state index in [-0.39, 0.29) is 5.91 Å². The van der Waals surface area contributed by atoms with Crippen molar-refractivity contribution in [1.82, 2.24) is 0 Å². The van der Waals surface area contributed by atoms with Crippen LogP contribution in [0.4, 0.5) is 11.4 Å². The van der Waals surface area contributed by atoms with Crippen molar-refractivity contribution in [2.75, 3.05) is 11.1 Å². The molecule has 0 radical (unpaired) electrons. The molecule has 0 aliphatic carbocycles. The van der Waals surface area contributed by atoms with Crippen LogP contribution in [-0.4, -0.2) is 5.91 Å². The molecule has 1 aromatic carbocycles. The highest BCUT2D eigenvalue weighted by Gasteiger charge is 2.11. The quantitative estimate of drug-likeness (QED) is 0.873. The van der Waals surface area contributed by atoms with Crippen molar-refractivity contribution in [1.29, 1.82) is 0 Å². The first-order valence-electron chi connectivity index (χ1n) is 4.99. The molecule has 17 heavy (non-hydrogen) atoms. The third-order valence-electron chi connectivity index (χ3n) is 2.26. The number of carbonyl (C=O) groups is 1. The second kappa shape index (κ2) is 4.77. The normalized spacial score (nSPS) is 10.2. The average molecular weight is 267 g/mol. The second-order valence-electron chi connectivity index (χ2n) is 3.59. The van der Waals surface area contributed by atoms with Gasteiger partial charge in [0.15, 0.2) is 0 Å². The number of amides is 1. The molecule has 0 saturated carbocycles. The molecule has 1 heterocycles. The van der Waals surface area contributed by atoms with Gasteiger partial charge in [-0.2, -0.15) is 0 Å². The van der Waals surface area contributed by atoms with Crippen LogP contribution in [-0.2, 0) is 0 Å². The van der Waals surface area contributed by atoms with Gasteiger partial charge in [0.25, 0.3) is 5.91 Å². The molecule has 0 saturated heterocycles. The number of aryl methyl sites for hydroxylation is 1. The van der Waals surface area contributed by atoms with E-state index in [1.165, 1.54) is 11.3 Å². The number of anilines is 2. The van der Waals surface area contributed by atoms with E-state index in [0.717, 1.165) is 4.88 Å². The van der Waals surface area contributed by atoms with Crippen molar-refractivity contribution in [2.24, 2.45) is 0 Å². The summed E-state index contributed by atoms with van der Waals surface area (Å²) in [4.78, 5) is 13.4. The van der Waals surface area contributed by atoms with Crippen LogP contribution in [0.2, 0.25) is 5.02 Å². The van der Waals surface area contributed by atoms with E-state index in [4.69, 9.17) is 17.3 Å². The molecule has 1 aromatic heterocycles. The van der Waals surface area contributed by atoms with Gasteiger partial charge in [0.1, 0.15) is 0 Å². The molecule has 0 fully saturated rings. The van der Waals surface area contributed by atoms with Crippen LogP contribution in [0, 0.1) is 6.92 Å². The molecule has 3 N–H and O–H groups in total. The minimum absolute atomic E-state index is 0.169. The number of carbonyl (C=O) groups excluding carboxylic acids is 1. The molecule has 0 spiro atoms. The Balaban J connectivity index is 2.17. The fraction of sp³-hybridized carbons (Fsp3) is 0.0833. The predicted octanol–water partition coefficient (Wildman–Crippen LogP) is 3.54. The fourth-order valence-electron chi connectivity index (χ4n) is 1.37. The summed E-state index contributed by atoms with van der Waals surface area (Å²) in [6, 6.07) is 8.70. The smallest absolute Gasteiger partial charge is 0.265 e. The molecule has 0 unspecified atom stereocenters. The first-order valence-corrected chi connectivity index (χ1v) is 6.18. The standard InChI is InChI=1S/C12H11ClN2OS/c1-7-10(14)6-11(17-7)12(16)15-9-4-2-3-8(13)5-9/h2-6H,14H2,1H3,(H,15,16). The molecular formula is C12H11ClN2OS. The number of rotatable bonds is 2. The number of hydrogen-bond acceptors (Lipinski definition) is 3. The first kappa shape index (κ1) is 12.0. The zero-order chi connectivity index (χ0) is 12.4. The van der Waals surface area contributed by atoms with Crippen molar-refractivity contribution in [2.45, 2.75) is 6.92 Å². The molecule has 3 nitrogen and oxygen atoms in total. The van der Waals surface area contributed by atoms with Gasteiger partial charge in [-0.3, -0.25) is 4.79 Å². The summed E-state index contributed by atoms with van der Waals surface area (Å²) >= 11 is 7.21. The number of benzene rings is 1. The van der Waals surface area contributed by atoms with Crippen LogP contribution in [0.3, 0.4) is 0 Å².